The Bertz CT molecular complexity index is 877. The summed E-state index contributed by atoms with van der Waals surface area (Å²) in [6.45, 7) is -0.594. The van der Waals surface area contributed by atoms with Crippen LogP contribution in [0.15, 0.2) is 24.5 Å². The van der Waals surface area contributed by atoms with E-state index in [4.69, 9.17) is 0 Å². The molecule has 8 nitrogen and oxygen atoms in total. The van der Waals surface area contributed by atoms with Gasteiger partial charge < -0.3 is 5.11 Å². The fourth-order valence-corrected chi connectivity index (χ4v) is 3.38. The first kappa shape index (κ1) is 14.3. The maximum atomic E-state index is 14.7. The van der Waals surface area contributed by atoms with Crippen LogP contribution in [0.3, 0.4) is 0 Å². The van der Waals surface area contributed by atoms with Crippen molar-refractivity contribution in [1.29, 1.82) is 0 Å². The number of amides is 1. The number of phenols is 1. The Labute approximate surface area is 125 Å². The third-order valence-electron chi connectivity index (χ3n) is 3.18. The van der Waals surface area contributed by atoms with E-state index >= 15 is 0 Å². The van der Waals surface area contributed by atoms with Gasteiger partial charge >= 0.3 is 10.2 Å². The number of anilines is 1. The average molecular weight is 326 g/mol. The number of nitrogens with one attached hydrogen (secondary N) is 1. The molecule has 0 bridgehead atoms. The van der Waals surface area contributed by atoms with E-state index in [-0.39, 0.29) is 5.56 Å². The zero-order valence-corrected chi connectivity index (χ0v) is 12.1. The molecule has 22 heavy (non-hydrogen) atoms. The maximum Gasteiger partial charge on any atom is 0.326 e. The van der Waals surface area contributed by atoms with Gasteiger partial charge in [0.15, 0.2) is 5.82 Å². The summed E-state index contributed by atoms with van der Waals surface area (Å²) < 4.78 is 42.0. The van der Waals surface area contributed by atoms with Gasteiger partial charge in [-0.25, -0.2) is 13.4 Å². The van der Waals surface area contributed by atoms with E-state index in [1.807, 2.05) is 0 Å². The minimum Gasteiger partial charge on any atom is -0.506 e. The van der Waals surface area contributed by atoms with E-state index in [1.165, 1.54) is 23.0 Å². The van der Waals surface area contributed by atoms with Crippen molar-refractivity contribution in [3.05, 3.63) is 30.3 Å². The number of carbonyl (C=O) groups excluding carboxylic acids is 1. The van der Waals surface area contributed by atoms with Gasteiger partial charge in [0.2, 0.25) is 0 Å². The van der Waals surface area contributed by atoms with Crippen LogP contribution in [0, 0.1) is 5.82 Å². The van der Waals surface area contributed by atoms with Crippen LogP contribution in [-0.4, -0.2) is 35.8 Å². The van der Waals surface area contributed by atoms with Crippen molar-refractivity contribution in [3.8, 4) is 16.9 Å². The van der Waals surface area contributed by atoms with Crippen LogP contribution in [-0.2, 0) is 22.1 Å². The lowest BCUT2D eigenvalue weighted by atomic mass is 10.1. The molecule has 10 heteroatoms. The Morgan fingerprint density at radius 2 is 2.14 bits per heavy atom. The minimum absolute atomic E-state index is 0.0652. The van der Waals surface area contributed by atoms with Crippen molar-refractivity contribution in [3.63, 3.8) is 0 Å². The van der Waals surface area contributed by atoms with Gasteiger partial charge in [0, 0.05) is 24.4 Å². The average Bonchev–Trinajstić information content (AvgIpc) is 2.93. The lowest BCUT2D eigenvalue weighted by Crippen LogP contribution is -2.30. The first-order valence-corrected chi connectivity index (χ1v) is 7.57. The number of aromatic nitrogens is 2. The fourth-order valence-electron chi connectivity index (χ4n) is 2.22. The molecular formula is C12H11FN4O4S. The number of nitrogens with zero attached hydrogens (tertiary/aromatic N) is 3. The molecule has 0 unspecified atom stereocenters. The second kappa shape index (κ2) is 4.70. The number of phenolic OH excluding ortho intramolecular Hbond substituents is 1. The highest BCUT2D eigenvalue weighted by Crippen LogP contribution is 2.38. The molecule has 1 aromatic heterocycles. The molecule has 2 N–H and O–H groups in total. The lowest BCUT2D eigenvalue weighted by molar-refractivity contribution is -0.117. The van der Waals surface area contributed by atoms with Gasteiger partial charge in [-0.2, -0.15) is 13.5 Å². The van der Waals surface area contributed by atoms with Crippen molar-refractivity contribution >= 4 is 21.8 Å². The topological polar surface area (TPSA) is 105 Å². The first-order valence-electron chi connectivity index (χ1n) is 6.13. The first-order chi connectivity index (χ1) is 10.3. The zero-order valence-electron chi connectivity index (χ0n) is 11.3. The highest BCUT2D eigenvalue weighted by molar-refractivity contribution is 7.92. The van der Waals surface area contributed by atoms with Crippen molar-refractivity contribution in [2.24, 2.45) is 7.05 Å². The zero-order chi connectivity index (χ0) is 16.1. The fraction of sp³-hybridized carbons (Fsp3) is 0.167. The van der Waals surface area contributed by atoms with Gasteiger partial charge in [0.25, 0.3) is 5.91 Å². The molecule has 0 saturated carbocycles. The Morgan fingerprint density at radius 3 is 2.68 bits per heavy atom. The summed E-state index contributed by atoms with van der Waals surface area (Å²) in [4.78, 5) is 11.3. The molecule has 116 valence electrons. The van der Waals surface area contributed by atoms with Crippen LogP contribution >= 0.6 is 0 Å². The number of aryl methyl sites for hydroxylation is 1. The van der Waals surface area contributed by atoms with Crippen molar-refractivity contribution in [1.82, 2.24) is 14.5 Å². The molecule has 3 rings (SSSR count). The predicted octanol–water partition coefficient (Wildman–Crippen LogP) is 0.113. The standard InChI is InChI=1S/C12H11FN4O4S/c1-16-5-7(4-14-16)8-2-3-9(18)12(11(8)13)17-6-10(19)15-22(17,20)21/h2-5,18H,6H2,1H3,(H,15,19). The van der Waals surface area contributed by atoms with Crippen LogP contribution in [0.1, 0.15) is 0 Å². The molecule has 1 aliphatic heterocycles. The number of aromatic hydroxyl groups is 1. The summed E-state index contributed by atoms with van der Waals surface area (Å²) >= 11 is 0. The van der Waals surface area contributed by atoms with E-state index in [0.717, 1.165) is 0 Å². The SMILES string of the molecule is Cn1cc(-c2ccc(O)c(N3CC(=O)NS3(=O)=O)c2F)cn1. The molecule has 2 aromatic rings. The number of hydrogen-bond acceptors (Lipinski definition) is 5. The molecule has 1 aliphatic rings. The van der Waals surface area contributed by atoms with Gasteiger partial charge in [0.1, 0.15) is 18.0 Å². The van der Waals surface area contributed by atoms with Crippen LogP contribution in [0.25, 0.3) is 11.1 Å². The van der Waals surface area contributed by atoms with Crippen LogP contribution in [0.2, 0.25) is 0 Å². The summed E-state index contributed by atoms with van der Waals surface area (Å²) in [5.74, 6) is -2.33. The summed E-state index contributed by atoms with van der Waals surface area (Å²) in [5.41, 5.74) is -0.0905. The number of benzene rings is 1. The number of halogens is 1. The summed E-state index contributed by atoms with van der Waals surface area (Å²) in [6.07, 6.45) is 2.95. The van der Waals surface area contributed by atoms with E-state index in [9.17, 15) is 22.7 Å². The molecule has 0 spiro atoms. The van der Waals surface area contributed by atoms with Crippen LogP contribution < -0.4 is 9.03 Å². The van der Waals surface area contributed by atoms with Gasteiger partial charge in [-0.1, -0.05) is 0 Å². The summed E-state index contributed by atoms with van der Waals surface area (Å²) in [7, 11) is -2.57. The molecule has 1 saturated heterocycles. The lowest BCUT2D eigenvalue weighted by Gasteiger charge is -2.18. The highest BCUT2D eigenvalue weighted by atomic mass is 32.2. The second-order valence-electron chi connectivity index (χ2n) is 4.73. The van der Waals surface area contributed by atoms with Crippen LogP contribution in [0.5, 0.6) is 5.75 Å². The van der Waals surface area contributed by atoms with Crippen LogP contribution in [0.4, 0.5) is 10.1 Å². The summed E-state index contributed by atoms with van der Waals surface area (Å²) in [6, 6.07) is 2.47. The molecule has 1 fully saturated rings. The molecule has 1 amide bonds. The number of rotatable bonds is 2. The largest absolute Gasteiger partial charge is 0.506 e. The van der Waals surface area contributed by atoms with Gasteiger partial charge in [-0.3, -0.25) is 9.48 Å². The normalized spacial score (nSPS) is 16.8. The third kappa shape index (κ3) is 2.17. The van der Waals surface area contributed by atoms with E-state index in [1.54, 1.807) is 18.0 Å². The molecule has 1 aromatic carbocycles. The van der Waals surface area contributed by atoms with E-state index in [0.29, 0.717) is 9.87 Å². The Kier molecular flexibility index (Phi) is 3.06. The van der Waals surface area contributed by atoms with E-state index < -0.39 is 39.9 Å². The smallest absolute Gasteiger partial charge is 0.326 e. The Morgan fingerprint density at radius 1 is 1.41 bits per heavy atom. The molecule has 0 atom stereocenters. The molecule has 2 heterocycles. The van der Waals surface area contributed by atoms with Gasteiger partial charge in [-0.15, -0.1) is 0 Å². The maximum absolute atomic E-state index is 14.7. The van der Waals surface area contributed by atoms with Gasteiger partial charge in [-0.05, 0) is 12.1 Å². The highest BCUT2D eigenvalue weighted by Gasteiger charge is 2.38. The van der Waals surface area contributed by atoms with Crippen molar-refractivity contribution in [2.45, 2.75) is 0 Å². The van der Waals surface area contributed by atoms with Crippen molar-refractivity contribution < 1.29 is 22.7 Å². The molecule has 0 aliphatic carbocycles. The quantitative estimate of drug-likeness (QED) is 0.815. The molecule has 0 radical (unpaired) electrons. The summed E-state index contributed by atoms with van der Waals surface area (Å²) in [5, 5.41) is 13.8. The van der Waals surface area contributed by atoms with Crippen molar-refractivity contribution in [2.75, 3.05) is 10.8 Å². The third-order valence-corrected chi connectivity index (χ3v) is 4.56. The minimum atomic E-state index is -4.22. The number of carbonyl (C=O) groups is 1. The predicted molar refractivity (Wildman–Crippen MR) is 74.7 cm³/mol. The van der Waals surface area contributed by atoms with E-state index in [2.05, 4.69) is 5.10 Å². The molecular weight excluding hydrogens is 315 g/mol. The number of hydrogen-bond donors (Lipinski definition) is 2. The Balaban J connectivity index is 2.19. The monoisotopic (exact) mass is 326 g/mol. The van der Waals surface area contributed by atoms with Gasteiger partial charge in [0.05, 0.1) is 6.20 Å². The second-order valence-corrected chi connectivity index (χ2v) is 6.33. The Hall–Kier alpha value is -2.62.